The summed E-state index contributed by atoms with van der Waals surface area (Å²) in [7, 11) is 0. The van der Waals surface area contributed by atoms with E-state index in [2.05, 4.69) is 58.1 Å². The molecule has 0 spiro atoms. The van der Waals surface area contributed by atoms with E-state index in [4.69, 9.17) is 0 Å². The molecule has 1 aromatic carbocycles. The van der Waals surface area contributed by atoms with Crippen LogP contribution < -0.4 is 0 Å². The van der Waals surface area contributed by atoms with Gasteiger partial charge in [0.2, 0.25) is 0 Å². The van der Waals surface area contributed by atoms with Crippen LogP contribution in [0.5, 0.6) is 0 Å². The monoisotopic (exact) mass is 335 g/mol. The number of nitrogens with zero attached hydrogens (tertiary/aromatic N) is 5. The summed E-state index contributed by atoms with van der Waals surface area (Å²) in [6.45, 7) is 9.64. The molecular formula is C20H25N5. The average Bonchev–Trinajstić information content (AvgIpc) is 3.06. The van der Waals surface area contributed by atoms with Gasteiger partial charge in [-0.15, -0.1) is 0 Å². The number of piperidine rings is 1. The van der Waals surface area contributed by atoms with E-state index in [0.717, 1.165) is 25.3 Å². The third-order valence-electron chi connectivity index (χ3n) is 5.31. The minimum atomic E-state index is 0.478. The van der Waals surface area contributed by atoms with E-state index in [-0.39, 0.29) is 0 Å². The Balaban J connectivity index is 1.56. The molecule has 0 amide bonds. The molecular weight excluding hydrogens is 310 g/mol. The summed E-state index contributed by atoms with van der Waals surface area (Å²) in [6.07, 6.45) is 4.01. The van der Waals surface area contributed by atoms with Crippen molar-refractivity contribution in [1.82, 2.24) is 24.5 Å². The fraction of sp³-hybridized carbons (Fsp3) is 0.450. The predicted molar refractivity (Wildman–Crippen MR) is 98.7 cm³/mol. The molecule has 0 bridgehead atoms. The highest BCUT2D eigenvalue weighted by Crippen LogP contribution is 2.28. The number of likely N-dealkylation sites (tertiary alicyclic amines) is 1. The van der Waals surface area contributed by atoms with Gasteiger partial charge in [0, 0.05) is 24.7 Å². The maximum absolute atomic E-state index is 4.47. The van der Waals surface area contributed by atoms with Crippen molar-refractivity contribution in [3.63, 3.8) is 0 Å². The van der Waals surface area contributed by atoms with E-state index >= 15 is 0 Å². The first-order valence-corrected chi connectivity index (χ1v) is 9.06. The van der Waals surface area contributed by atoms with Gasteiger partial charge in [-0.1, -0.05) is 18.2 Å². The number of aromatic nitrogens is 4. The van der Waals surface area contributed by atoms with Crippen molar-refractivity contribution in [2.75, 3.05) is 13.1 Å². The smallest absolute Gasteiger partial charge is 0.252 e. The lowest BCUT2D eigenvalue weighted by atomic mass is 9.93. The van der Waals surface area contributed by atoms with Crippen molar-refractivity contribution in [3.05, 3.63) is 58.7 Å². The molecule has 4 rings (SSSR count). The van der Waals surface area contributed by atoms with E-state index < -0.39 is 0 Å². The Bertz CT molecular complexity index is 898. The predicted octanol–water partition coefficient (Wildman–Crippen LogP) is 3.43. The van der Waals surface area contributed by atoms with Crippen LogP contribution in [0, 0.1) is 20.8 Å². The summed E-state index contributed by atoms with van der Waals surface area (Å²) in [6, 6.07) is 8.99. The number of rotatable bonds is 3. The molecule has 0 aliphatic carbocycles. The lowest BCUT2D eigenvalue weighted by Crippen LogP contribution is -2.34. The van der Waals surface area contributed by atoms with E-state index in [1.165, 1.54) is 35.2 Å². The molecule has 25 heavy (non-hydrogen) atoms. The van der Waals surface area contributed by atoms with Crippen molar-refractivity contribution < 1.29 is 0 Å². The van der Waals surface area contributed by atoms with Crippen molar-refractivity contribution in [2.24, 2.45) is 0 Å². The fourth-order valence-electron chi connectivity index (χ4n) is 3.85. The molecule has 0 saturated carbocycles. The Labute approximate surface area is 148 Å². The quantitative estimate of drug-likeness (QED) is 0.736. The minimum Gasteiger partial charge on any atom is -0.298 e. The zero-order valence-corrected chi connectivity index (χ0v) is 15.2. The average molecular weight is 335 g/mol. The van der Waals surface area contributed by atoms with Gasteiger partial charge >= 0.3 is 0 Å². The second-order valence-electron chi connectivity index (χ2n) is 7.29. The number of hydrogen-bond donors (Lipinski definition) is 0. The molecule has 1 saturated heterocycles. The summed E-state index contributed by atoms with van der Waals surface area (Å²) in [5, 5.41) is 4.39. The first-order chi connectivity index (χ1) is 12.1. The number of benzene rings is 1. The maximum Gasteiger partial charge on any atom is 0.252 e. The number of fused-ring (bicyclic) bond motifs is 1. The summed E-state index contributed by atoms with van der Waals surface area (Å²) >= 11 is 0. The largest absolute Gasteiger partial charge is 0.298 e. The molecule has 5 nitrogen and oxygen atoms in total. The van der Waals surface area contributed by atoms with Crippen molar-refractivity contribution in [2.45, 2.75) is 46.1 Å². The van der Waals surface area contributed by atoms with Crippen molar-refractivity contribution >= 4 is 5.78 Å². The lowest BCUT2D eigenvalue weighted by Gasteiger charge is -2.33. The van der Waals surface area contributed by atoms with Crippen LogP contribution in [-0.4, -0.2) is 37.6 Å². The van der Waals surface area contributed by atoms with E-state index in [0.29, 0.717) is 11.7 Å². The molecule has 1 aliphatic rings. The maximum atomic E-state index is 4.47. The molecule has 2 aromatic heterocycles. The SMILES string of the molecule is Cc1cc(C2CCCN(Cc3ccc(C)c(C)c3)C2)n2ncnc2n1. The molecule has 1 fully saturated rings. The Kier molecular flexibility index (Phi) is 4.25. The lowest BCUT2D eigenvalue weighted by molar-refractivity contribution is 0.197. The normalized spacial score (nSPS) is 18.8. The molecule has 5 heteroatoms. The molecule has 1 atom stereocenters. The third-order valence-corrected chi connectivity index (χ3v) is 5.31. The van der Waals surface area contributed by atoms with E-state index in [1.54, 1.807) is 6.33 Å². The van der Waals surface area contributed by atoms with Gasteiger partial charge in [-0.25, -0.2) is 9.50 Å². The van der Waals surface area contributed by atoms with Crippen LogP contribution in [0.25, 0.3) is 5.78 Å². The molecule has 3 aromatic rings. The Hall–Kier alpha value is -2.27. The highest BCUT2D eigenvalue weighted by atomic mass is 15.3. The highest BCUT2D eigenvalue weighted by Gasteiger charge is 2.24. The topological polar surface area (TPSA) is 46.3 Å². The van der Waals surface area contributed by atoms with Crippen molar-refractivity contribution in [3.8, 4) is 0 Å². The second kappa shape index (κ2) is 6.56. The third kappa shape index (κ3) is 3.29. The van der Waals surface area contributed by atoms with Crippen LogP contribution in [0.15, 0.2) is 30.6 Å². The fourth-order valence-corrected chi connectivity index (χ4v) is 3.85. The molecule has 3 heterocycles. The van der Waals surface area contributed by atoms with Gasteiger partial charge in [-0.05, 0) is 62.9 Å². The van der Waals surface area contributed by atoms with Gasteiger partial charge in [0.15, 0.2) is 0 Å². The first-order valence-electron chi connectivity index (χ1n) is 9.06. The Morgan fingerprint density at radius 2 is 2.00 bits per heavy atom. The molecule has 0 N–H and O–H groups in total. The molecule has 130 valence electrons. The van der Waals surface area contributed by atoms with Gasteiger partial charge in [0.25, 0.3) is 5.78 Å². The van der Waals surface area contributed by atoms with E-state index in [9.17, 15) is 0 Å². The molecule has 0 radical (unpaired) electrons. The van der Waals surface area contributed by atoms with Crippen LogP contribution in [-0.2, 0) is 6.54 Å². The van der Waals surface area contributed by atoms with Gasteiger partial charge in [0.05, 0.1) is 5.69 Å². The highest BCUT2D eigenvalue weighted by molar-refractivity contribution is 5.32. The zero-order chi connectivity index (χ0) is 17.4. The zero-order valence-electron chi connectivity index (χ0n) is 15.2. The summed E-state index contributed by atoms with van der Waals surface area (Å²) in [5.41, 5.74) is 6.40. The van der Waals surface area contributed by atoms with Crippen LogP contribution in [0.4, 0.5) is 0 Å². The standard InChI is InChI=1S/C20H25N5/c1-14-6-7-17(9-15(14)2)11-24-8-4-5-18(12-24)19-10-16(3)23-20-21-13-22-25(19)20/h6-7,9-10,13,18H,4-5,8,11-12H2,1-3H3. The summed E-state index contributed by atoms with van der Waals surface area (Å²) in [4.78, 5) is 11.3. The van der Waals surface area contributed by atoms with Crippen LogP contribution in [0.2, 0.25) is 0 Å². The van der Waals surface area contributed by atoms with Crippen LogP contribution >= 0.6 is 0 Å². The van der Waals surface area contributed by atoms with Gasteiger partial charge in [0.1, 0.15) is 6.33 Å². The Morgan fingerprint density at radius 3 is 2.84 bits per heavy atom. The summed E-state index contributed by atoms with van der Waals surface area (Å²) < 4.78 is 1.91. The number of aryl methyl sites for hydroxylation is 3. The van der Waals surface area contributed by atoms with Crippen LogP contribution in [0.1, 0.15) is 46.8 Å². The summed E-state index contributed by atoms with van der Waals surface area (Å²) in [5.74, 6) is 1.19. The molecule has 1 unspecified atom stereocenters. The number of hydrogen-bond acceptors (Lipinski definition) is 4. The second-order valence-corrected chi connectivity index (χ2v) is 7.29. The van der Waals surface area contributed by atoms with Gasteiger partial charge in [-0.2, -0.15) is 10.1 Å². The minimum absolute atomic E-state index is 0.478. The van der Waals surface area contributed by atoms with Gasteiger partial charge < -0.3 is 0 Å². The van der Waals surface area contributed by atoms with Crippen LogP contribution in [0.3, 0.4) is 0 Å². The first kappa shape index (κ1) is 16.2. The Morgan fingerprint density at radius 1 is 1.12 bits per heavy atom. The van der Waals surface area contributed by atoms with E-state index in [1.807, 2.05) is 11.4 Å². The molecule has 1 aliphatic heterocycles. The van der Waals surface area contributed by atoms with Gasteiger partial charge in [-0.3, -0.25) is 4.90 Å². The van der Waals surface area contributed by atoms with Crippen molar-refractivity contribution in [1.29, 1.82) is 0 Å².